The van der Waals surface area contributed by atoms with Gasteiger partial charge in [-0.05, 0) is 37.3 Å². The zero-order valence-electron chi connectivity index (χ0n) is 17.3. The summed E-state index contributed by atoms with van der Waals surface area (Å²) < 4.78 is 0. The number of urea groups is 1. The Labute approximate surface area is 168 Å². The highest BCUT2D eigenvalue weighted by Gasteiger charge is 2.38. The number of carbonyl (C=O) groups is 2. The number of likely N-dealkylation sites (N-methyl/N-ethyl adjacent to an activating group) is 1. The molecule has 1 unspecified atom stereocenters. The summed E-state index contributed by atoms with van der Waals surface area (Å²) >= 11 is 0. The molecule has 3 rings (SSSR count). The fourth-order valence-corrected chi connectivity index (χ4v) is 4.53. The highest BCUT2D eigenvalue weighted by molar-refractivity contribution is 5.89. The lowest BCUT2D eigenvalue weighted by Crippen LogP contribution is -2.58. The van der Waals surface area contributed by atoms with Crippen LogP contribution in [0, 0.1) is 5.92 Å². The predicted octanol–water partition coefficient (Wildman–Crippen LogP) is 3.26. The second kappa shape index (κ2) is 9.92. The summed E-state index contributed by atoms with van der Waals surface area (Å²) in [5, 5.41) is 2.96. The van der Waals surface area contributed by atoms with Crippen LogP contribution in [0.15, 0.2) is 30.3 Å². The molecule has 3 amide bonds. The lowest BCUT2D eigenvalue weighted by atomic mass is 9.94. The Morgan fingerprint density at radius 2 is 1.75 bits per heavy atom. The van der Waals surface area contributed by atoms with Crippen LogP contribution in [0.25, 0.3) is 0 Å². The molecule has 1 aromatic carbocycles. The van der Waals surface area contributed by atoms with Gasteiger partial charge in [-0.3, -0.25) is 9.69 Å². The van der Waals surface area contributed by atoms with Crippen molar-refractivity contribution < 1.29 is 9.59 Å². The Bertz CT molecular complexity index is 637. The highest BCUT2D eigenvalue weighted by atomic mass is 16.2. The molecule has 1 saturated heterocycles. The van der Waals surface area contributed by atoms with Crippen molar-refractivity contribution in [3.8, 4) is 0 Å². The molecule has 28 heavy (non-hydrogen) atoms. The number of nitrogens with one attached hydrogen (secondary N) is 1. The van der Waals surface area contributed by atoms with E-state index in [1.807, 2.05) is 47.2 Å². The summed E-state index contributed by atoms with van der Waals surface area (Å²) in [6.07, 6.45) is 5.72. The van der Waals surface area contributed by atoms with Gasteiger partial charge in [0.1, 0.15) is 0 Å². The first kappa shape index (κ1) is 20.6. The lowest BCUT2D eigenvalue weighted by molar-refractivity contribution is -0.138. The minimum Gasteiger partial charge on any atom is -0.344 e. The van der Waals surface area contributed by atoms with Gasteiger partial charge in [0.15, 0.2) is 0 Å². The van der Waals surface area contributed by atoms with Gasteiger partial charge in [-0.25, -0.2) is 4.79 Å². The first-order valence-corrected chi connectivity index (χ1v) is 10.7. The molecule has 6 heteroatoms. The van der Waals surface area contributed by atoms with Crippen molar-refractivity contribution in [2.24, 2.45) is 5.92 Å². The molecular weight excluding hydrogens is 352 g/mol. The van der Waals surface area contributed by atoms with Crippen LogP contribution >= 0.6 is 0 Å². The summed E-state index contributed by atoms with van der Waals surface area (Å²) in [7, 11) is 1.93. The average molecular weight is 387 g/mol. The number of carbonyl (C=O) groups excluding carboxylic acids is 2. The summed E-state index contributed by atoms with van der Waals surface area (Å²) in [5.74, 6) is 0.715. The maximum absolute atomic E-state index is 13.2. The smallest absolute Gasteiger partial charge is 0.321 e. The Hall–Kier alpha value is -2.08. The van der Waals surface area contributed by atoms with E-state index >= 15 is 0 Å². The van der Waals surface area contributed by atoms with Crippen molar-refractivity contribution in [2.45, 2.75) is 45.1 Å². The fourth-order valence-electron chi connectivity index (χ4n) is 4.53. The van der Waals surface area contributed by atoms with Crippen molar-refractivity contribution >= 4 is 17.6 Å². The third-order valence-corrected chi connectivity index (χ3v) is 6.05. The largest absolute Gasteiger partial charge is 0.344 e. The Balaban J connectivity index is 1.59. The van der Waals surface area contributed by atoms with Crippen LogP contribution in [-0.4, -0.2) is 72.5 Å². The van der Waals surface area contributed by atoms with Gasteiger partial charge in [0.25, 0.3) is 0 Å². The monoisotopic (exact) mass is 386 g/mol. The Kier molecular flexibility index (Phi) is 7.31. The number of piperazine rings is 1. The number of hydrogen-bond acceptors (Lipinski definition) is 3. The minimum absolute atomic E-state index is 0.0293. The van der Waals surface area contributed by atoms with Gasteiger partial charge in [-0.2, -0.15) is 0 Å². The van der Waals surface area contributed by atoms with Gasteiger partial charge in [-0.15, -0.1) is 0 Å². The van der Waals surface area contributed by atoms with Crippen LogP contribution in [0.5, 0.6) is 0 Å². The van der Waals surface area contributed by atoms with E-state index in [9.17, 15) is 9.59 Å². The Morgan fingerprint density at radius 1 is 1.11 bits per heavy atom. The molecule has 1 aliphatic heterocycles. The van der Waals surface area contributed by atoms with Gasteiger partial charge in [0.2, 0.25) is 5.91 Å². The SMILES string of the molecule is CCCN(C)C(=O)C(C1CCCC1)N1CCN(C(=O)Nc2ccccc2)CC1. The first-order chi connectivity index (χ1) is 13.6. The second-order valence-electron chi connectivity index (χ2n) is 8.07. The molecule has 6 nitrogen and oxygen atoms in total. The van der Waals surface area contributed by atoms with E-state index in [-0.39, 0.29) is 18.0 Å². The number of hydrogen-bond donors (Lipinski definition) is 1. The highest BCUT2D eigenvalue weighted by Crippen LogP contribution is 2.32. The van der Waals surface area contributed by atoms with Crippen molar-refractivity contribution in [1.29, 1.82) is 0 Å². The predicted molar refractivity (Wildman–Crippen MR) is 112 cm³/mol. The number of anilines is 1. The quantitative estimate of drug-likeness (QED) is 0.816. The molecule has 1 N–H and O–H groups in total. The molecule has 2 fully saturated rings. The number of nitrogens with zero attached hydrogens (tertiary/aromatic N) is 3. The van der Waals surface area contributed by atoms with Crippen molar-refractivity contribution in [3.63, 3.8) is 0 Å². The molecule has 1 heterocycles. The van der Waals surface area contributed by atoms with E-state index in [0.717, 1.165) is 44.6 Å². The summed E-state index contributed by atoms with van der Waals surface area (Å²) in [6.45, 7) is 5.75. The van der Waals surface area contributed by atoms with Crippen LogP contribution in [0.1, 0.15) is 39.0 Å². The van der Waals surface area contributed by atoms with E-state index in [4.69, 9.17) is 0 Å². The average Bonchev–Trinajstić information content (AvgIpc) is 3.24. The Morgan fingerprint density at radius 3 is 2.36 bits per heavy atom. The molecule has 154 valence electrons. The van der Waals surface area contributed by atoms with E-state index in [1.54, 1.807) is 0 Å². The zero-order chi connectivity index (χ0) is 19.9. The number of para-hydroxylation sites is 1. The molecule has 1 saturated carbocycles. The molecular formula is C22H34N4O2. The number of rotatable bonds is 6. The number of amides is 3. The van der Waals surface area contributed by atoms with Gasteiger partial charge < -0.3 is 15.1 Å². The zero-order valence-corrected chi connectivity index (χ0v) is 17.3. The minimum atomic E-state index is -0.0577. The standard InChI is InChI=1S/C22H34N4O2/c1-3-13-24(2)21(27)20(18-9-7-8-10-18)25-14-16-26(17-15-25)22(28)23-19-11-5-4-6-12-19/h4-6,11-12,18,20H,3,7-10,13-17H2,1-2H3,(H,23,28). The molecule has 0 radical (unpaired) electrons. The van der Waals surface area contributed by atoms with E-state index in [1.165, 1.54) is 12.8 Å². The topological polar surface area (TPSA) is 55.9 Å². The van der Waals surface area contributed by atoms with Gasteiger partial charge >= 0.3 is 6.03 Å². The van der Waals surface area contributed by atoms with Crippen LogP contribution in [0.2, 0.25) is 0 Å². The van der Waals surface area contributed by atoms with Crippen LogP contribution in [-0.2, 0) is 4.79 Å². The third-order valence-electron chi connectivity index (χ3n) is 6.05. The summed E-state index contributed by atoms with van der Waals surface area (Å²) in [4.78, 5) is 31.8. The molecule has 0 bridgehead atoms. The molecule has 0 spiro atoms. The van der Waals surface area contributed by atoms with Gasteiger partial charge in [-0.1, -0.05) is 38.0 Å². The molecule has 0 aromatic heterocycles. The van der Waals surface area contributed by atoms with E-state index < -0.39 is 0 Å². The van der Waals surface area contributed by atoms with Gasteiger partial charge in [0.05, 0.1) is 6.04 Å². The maximum Gasteiger partial charge on any atom is 0.321 e. The molecule has 1 aliphatic carbocycles. The van der Waals surface area contributed by atoms with E-state index in [2.05, 4.69) is 17.1 Å². The van der Waals surface area contributed by atoms with Gasteiger partial charge in [0, 0.05) is 45.5 Å². The van der Waals surface area contributed by atoms with Crippen LogP contribution in [0.4, 0.5) is 10.5 Å². The molecule has 1 aromatic rings. The lowest BCUT2D eigenvalue weighted by Gasteiger charge is -2.41. The van der Waals surface area contributed by atoms with Crippen LogP contribution < -0.4 is 5.32 Å². The fraction of sp³-hybridized carbons (Fsp3) is 0.636. The van der Waals surface area contributed by atoms with Crippen molar-refractivity contribution in [2.75, 3.05) is 45.1 Å². The first-order valence-electron chi connectivity index (χ1n) is 10.7. The molecule has 1 atom stereocenters. The summed E-state index contributed by atoms with van der Waals surface area (Å²) in [6, 6.07) is 9.47. The van der Waals surface area contributed by atoms with Crippen molar-refractivity contribution in [3.05, 3.63) is 30.3 Å². The normalized spacial score (nSPS) is 19.4. The van der Waals surface area contributed by atoms with Crippen molar-refractivity contribution in [1.82, 2.24) is 14.7 Å². The third kappa shape index (κ3) is 5.04. The molecule has 2 aliphatic rings. The second-order valence-corrected chi connectivity index (χ2v) is 8.07. The maximum atomic E-state index is 13.2. The summed E-state index contributed by atoms with van der Waals surface area (Å²) in [5.41, 5.74) is 0.815. The van der Waals surface area contributed by atoms with Crippen LogP contribution in [0.3, 0.4) is 0 Å². The van der Waals surface area contributed by atoms with E-state index in [0.29, 0.717) is 19.0 Å². The number of benzene rings is 1.